The van der Waals surface area contributed by atoms with E-state index in [1.165, 1.54) is 0 Å². The van der Waals surface area contributed by atoms with Crippen LogP contribution in [-0.2, 0) is 14.3 Å². The Hall–Kier alpha value is -2.57. The number of hydrogen-bond acceptors (Lipinski definition) is 4. The highest BCUT2D eigenvalue weighted by Crippen LogP contribution is 2.40. The van der Waals surface area contributed by atoms with Crippen molar-refractivity contribution in [2.24, 2.45) is 11.8 Å². The Labute approximate surface area is 159 Å². The first-order chi connectivity index (χ1) is 13.0. The van der Waals surface area contributed by atoms with E-state index in [-0.39, 0.29) is 35.8 Å². The molecule has 27 heavy (non-hydrogen) atoms. The minimum Gasteiger partial charge on any atom is -0.450 e. The Balaban J connectivity index is 1.45. The van der Waals surface area contributed by atoms with Crippen molar-refractivity contribution in [3.63, 3.8) is 0 Å². The molecule has 2 fully saturated rings. The summed E-state index contributed by atoms with van der Waals surface area (Å²) in [6.45, 7) is 5.98. The Morgan fingerprint density at radius 2 is 1.70 bits per heavy atom. The summed E-state index contributed by atoms with van der Waals surface area (Å²) < 4.78 is 4.99. The van der Waals surface area contributed by atoms with Crippen LogP contribution in [0.4, 0.5) is 4.79 Å². The SMILES string of the molecule is CCOC(=O)N1CCN(C(=O)C2CC2C(=O)NC(C)c2ccccc2)CC1. The third kappa shape index (κ3) is 4.59. The predicted octanol–water partition coefficient (Wildman–Crippen LogP) is 1.80. The van der Waals surface area contributed by atoms with Gasteiger partial charge in [-0.15, -0.1) is 0 Å². The van der Waals surface area contributed by atoms with Gasteiger partial charge in [0, 0.05) is 26.2 Å². The molecule has 7 heteroatoms. The van der Waals surface area contributed by atoms with Crippen molar-refractivity contribution < 1.29 is 19.1 Å². The van der Waals surface area contributed by atoms with E-state index in [1.54, 1.807) is 16.7 Å². The van der Waals surface area contributed by atoms with Crippen LogP contribution in [0.2, 0.25) is 0 Å². The highest BCUT2D eigenvalue weighted by atomic mass is 16.6. The molecular formula is C20H27N3O4. The van der Waals surface area contributed by atoms with Crippen molar-refractivity contribution in [2.75, 3.05) is 32.8 Å². The minimum atomic E-state index is -0.330. The second-order valence-electron chi connectivity index (χ2n) is 7.10. The Morgan fingerprint density at radius 1 is 1.07 bits per heavy atom. The monoisotopic (exact) mass is 373 g/mol. The normalized spacial score (nSPS) is 22.7. The second kappa shape index (κ2) is 8.41. The van der Waals surface area contributed by atoms with Gasteiger partial charge in [0.1, 0.15) is 0 Å². The Kier molecular flexibility index (Phi) is 5.98. The molecule has 3 unspecified atom stereocenters. The van der Waals surface area contributed by atoms with E-state index in [9.17, 15) is 14.4 Å². The molecule has 1 heterocycles. The van der Waals surface area contributed by atoms with Gasteiger partial charge in [-0.2, -0.15) is 0 Å². The molecule has 1 aliphatic carbocycles. The highest BCUT2D eigenvalue weighted by molar-refractivity contribution is 5.92. The lowest BCUT2D eigenvalue weighted by molar-refractivity contribution is -0.136. The zero-order valence-corrected chi connectivity index (χ0v) is 15.9. The van der Waals surface area contributed by atoms with Gasteiger partial charge in [-0.3, -0.25) is 9.59 Å². The summed E-state index contributed by atoms with van der Waals surface area (Å²) in [6, 6.07) is 9.69. The molecule has 0 bridgehead atoms. The van der Waals surface area contributed by atoms with Gasteiger partial charge < -0.3 is 19.9 Å². The van der Waals surface area contributed by atoms with Crippen LogP contribution in [0.15, 0.2) is 30.3 Å². The molecule has 3 amide bonds. The van der Waals surface area contributed by atoms with Crippen molar-refractivity contribution >= 4 is 17.9 Å². The first kappa shape index (κ1) is 19.2. The molecule has 1 saturated heterocycles. The van der Waals surface area contributed by atoms with Crippen LogP contribution in [0.1, 0.15) is 31.9 Å². The van der Waals surface area contributed by atoms with Crippen LogP contribution in [-0.4, -0.2) is 60.5 Å². The summed E-state index contributed by atoms with van der Waals surface area (Å²) in [4.78, 5) is 40.2. The first-order valence-electron chi connectivity index (χ1n) is 9.57. The number of benzene rings is 1. The van der Waals surface area contributed by atoms with Crippen LogP contribution in [0, 0.1) is 11.8 Å². The molecule has 2 aliphatic rings. The van der Waals surface area contributed by atoms with Gasteiger partial charge in [-0.25, -0.2) is 4.79 Å². The fourth-order valence-electron chi connectivity index (χ4n) is 3.46. The topological polar surface area (TPSA) is 79.0 Å². The number of carbonyl (C=O) groups is 3. The molecule has 146 valence electrons. The van der Waals surface area contributed by atoms with E-state index in [2.05, 4.69) is 5.32 Å². The molecule has 3 rings (SSSR count). The fourth-order valence-corrected chi connectivity index (χ4v) is 3.46. The quantitative estimate of drug-likeness (QED) is 0.854. The average molecular weight is 373 g/mol. The Morgan fingerprint density at radius 3 is 2.33 bits per heavy atom. The Bertz CT molecular complexity index is 686. The third-order valence-corrected chi connectivity index (χ3v) is 5.22. The lowest BCUT2D eigenvalue weighted by Gasteiger charge is -2.34. The summed E-state index contributed by atoms with van der Waals surface area (Å²) in [5.41, 5.74) is 1.05. The van der Waals surface area contributed by atoms with Gasteiger partial charge in [0.25, 0.3) is 0 Å². The smallest absolute Gasteiger partial charge is 0.409 e. The van der Waals surface area contributed by atoms with Crippen LogP contribution in [0.25, 0.3) is 0 Å². The molecule has 3 atom stereocenters. The molecule has 1 N–H and O–H groups in total. The maximum absolute atomic E-state index is 12.6. The average Bonchev–Trinajstić information content (AvgIpc) is 3.49. The lowest BCUT2D eigenvalue weighted by atomic mass is 10.1. The molecular weight excluding hydrogens is 346 g/mol. The van der Waals surface area contributed by atoms with E-state index >= 15 is 0 Å². The molecule has 1 aliphatic heterocycles. The molecule has 1 saturated carbocycles. The van der Waals surface area contributed by atoms with E-state index in [0.717, 1.165) is 5.56 Å². The van der Waals surface area contributed by atoms with Crippen molar-refractivity contribution in [2.45, 2.75) is 26.3 Å². The molecule has 0 radical (unpaired) electrons. The van der Waals surface area contributed by atoms with Crippen molar-refractivity contribution in [3.8, 4) is 0 Å². The summed E-state index contributed by atoms with van der Waals surface area (Å²) >= 11 is 0. The fraction of sp³-hybridized carbons (Fsp3) is 0.550. The van der Waals surface area contributed by atoms with Gasteiger partial charge in [0.2, 0.25) is 11.8 Å². The van der Waals surface area contributed by atoms with Crippen molar-refractivity contribution in [3.05, 3.63) is 35.9 Å². The summed E-state index contributed by atoms with van der Waals surface area (Å²) in [7, 11) is 0. The van der Waals surface area contributed by atoms with E-state index in [0.29, 0.717) is 39.2 Å². The number of nitrogens with zero attached hydrogens (tertiary/aromatic N) is 2. The number of amides is 3. The summed E-state index contributed by atoms with van der Waals surface area (Å²) in [5, 5.41) is 3.00. The van der Waals surface area contributed by atoms with Gasteiger partial charge in [0.15, 0.2) is 0 Å². The number of ether oxygens (including phenoxy) is 1. The van der Waals surface area contributed by atoms with Gasteiger partial charge in [-0.05, 0) is 25.8 Å². The maximum Gasteiger partial charge on any atom is 0.409 e. The summed E-state index contributed by atoms with van der Waals surface area (Å²) in [5.74, 6) is -0.519. The predicted molar refractivity (Wildman–Crippen MR) is 99.8 cm³/mol. The molecule has 1 aromatic rings. The van der Waals surface area contributed by atoms with E-state index < -0.39 is 0 Å². The zero-order chi connectivity index (χ0) is 19.4. The first-order valence-corrected chi connectivity index (χ1v) is 9.57. The number of hydrogen-bond donors (Lipinski definition) is 1. The number of nitrogens with one attached hydrogen (secondary N) is 1. The molecule has 0 aromatic heterocycles. The van der Waals surface area contributed by atoms with Gasteiger partial charge in [-0.1, -0.05) is 30.3 Å². The number of piperazine rings is 1. The van der Waals surface area contributed by atoms with Crippen LogP contribution in [0.5, 0.6) is 0 Å². The minimum absolute atomic E-state index is 0.0195. The number of carbonyl (C=O) groups excluding carboxylic acids is 3. The second-order valence-corrected chi connectivity index (χ2v) is 7.10. The van der Waals surface area contributed by atoms with Crippen LogP contribution >= 0.6 is 0 Å². The molecule has 1 aromatic carbocycles. The van der Waals surface area contributed by atoms with E-state index in [4.69, 9.17) is 4.74 Å². The molecule has 0 spiro atoms. The van der Waals surface area contributed by atoms with E-state index in [1.807, 2.05) is 37.3 Å². The lowest BCUT2D eigenvalue weighted by Crippen LogP contribution is -2.51. The number of rotatable bonds is 5. The van der Waals surface area contributed by atoms with Crippen molar-refractivity contribution in [1.29, 1.82) is 0 Å². The third-order valence-electron chi connectivity index (χ3n) is 5.22. The van der Waals surface area contributed by atoms with Gasteiger partial charge >= 0.3 is 6.09 Å². The highest BCUT2D eigenvalue weighted by Gasteiger charge is 2.50. The van der Waals surface area contributed by atoms with Gasteiger partial charge in [0.05, 0.1) is 24.5 Å². The standard InChI is InChI=1S/C20H27N3O4/c1-3-27-20(26)23-11-9-22(10-12-23)19(25)17-13-16(17)18(24)21-14(2)15-7-5-4-6-8-15/h4-8,14,16-17H,3,9-13H2,1-2H3,(H,21,24). The zero-order valence-electron chi connectivity index (χ0n) is 15.9. The van der Waals surface area contributed by atoms with Crippen molar-refractivity contribution in [1.82, 2.24) is 15.1 Å². The van der Waals surface area contributed by atoms with Crippen LogP contribution < -0.4 is 5.32 Å². The largest absolute Gasteiger partial charge is 0.450 e. The maximum atomic E-state index is 12.6. The van der Waals surface area contributed by atoms with Crippen LogP contribution in [0.3, 0.4) is 0 Å². The molecule has 7 nitrogen and oxygen atoms in total. The summed E-state index contributed by atoms with van der Waals surface area (Å²) in [6.07, 6.45) is 0.271.